The van der Waals surface area contributed by atoms with Crippen molar-refractivity contribution in [3.8, 4) is 11.5 Å². The molecule has 1 aromatic rings. The molecule has 26 heavy (non-hydrogen) atoms. The fourth-order valence-electron chi connectivity index (χ4n) is 3.85. The lowest BCUT2D eigenvalue weighted by molar-refractivity contribution is -0.0515. The Balaban J connectivity index is 1.48. The van der Waals surface area contributed by atoms with Gasteiger partial charge in [-0.3, -0.25) is 4.90 Å². The average molecular weight is 367 g/mol. The van der Waals surface area contributed by atoms with Crippen molar-refractivity contribution in [2.24, 2.45) is 11.8 Å². The molecular formula is C20H27F2NO3. The van der Waals surface area contributed by atoms with Crippen molar-refractivity contribution in [2.75, 3.05) is 26.3 Å². The van der Waals surface area contributed by atoms with E-state index in [2.05, 4.69) is 9.64 Å². The molecule has 0 bridgehead atoms. The number of aliphatic hydroxyl groups excluding tert-OH is 1. The quantitative estimate of drug-likeness (QED) is 0.724. The molecule has 1 aromatic carbocycles. The first-order chi connectivity index (χ1) is 12.6. The zero-order chi connectivity index (χ0) is 18.1. The summed E-state index contributed by atoms with van der Waals surface area (Å²) in [5.41, 5.74) is 1.08. The number of halogens is 2. The van der Waals surface area contributed by atoms with Gasteiger partial charge in [-0.25, -0.2) is 0 Å². The largest absolute Gasteiger partial charge is 0.489 e. The molecule has 6 heteroatoms. The van der Waals surface area contributed by atoms with Gasteiger partial charge in [-0.05, 0) is 67.6 Å². The summed E-state index contributed by atoms with van der Waals surface area (Å²) in [6.07, 6.45) is 5.75. The van der Waals surface area contributed by atoms with E-state index in [1.165, 1.54) is 12.8 Å². The number of rotatable bonds is 9. The van der Waals surface area contributed by atoms with Crippen LogP contribution < -0.4 is 9.47 Å². The third-order valence-electron chi connectivity index (χ3n) is 5.75. The predicted molar refractivity (Wildman–Crippen MR) is 93.8 cm³/mol. The second-order valence-corrected chi connectivity index (χ2v) is 8.01. The predicted octanol–water partition coefficient (Wildman–Crippen LogP) is 3.64. The lowest BCUT2D eigenvalue weighted by Gasteiger charge is -2.22. The van der Waals surface area contributed by atoms with E-state index in [4.69, 9.17) is 4.74 Å². The lowest BCUT2D eigenvalue weighted by Crippen LogP contribution is -2.33. The topological polar surface area (TPSA) is 41.9 Å². The maximum absolute atomic E-state index is 12.7. The number of hydrogen-bond donors (Lipinski definition) is 1. The van der Waals surface area contributed by atoms with E-state index < -0.39 is 6.61 Å². The van der Waals surface area contributed by atoms with Gasteiger partial charge >= 0.3 is 6.61 Å². The second kappa shape index (κ2) is 7.69. The van der Waals surface area contributed by atoms with Crippen LogP contribution >= 0.6 is 0 Å². The highest BCUT2D eigenvalue weighted by Crippen LogP contribution is 2.40. The van der Waals surface area contributed by atoms with Gasteiger partial charge in [0.25, 0.3) is 0 Å². The van der Waals surface area contributed by atoms with Gasteiger partial charge in [-0.15, -0.1) is 0 Å². The van der Waals surface area contributed by atoms with Gasteiger partial charge in [-0.2, -0.15) is 8.78 Å². The molecule has 2 atom stereocenters. The van der Waals surface area contributed by atoms with Crippen LogP contribution in [0.25, 0.3) is 0 Å². The summed E-state index contributed by atoms with van der Waals surface area (Å²) < 4.78 is 35.8. The van der Waals surface area contributed by atoms with E-state index in [0.29, 0.717) is 18.3 Å². The van der Waals surface area contributed by atoms with E-state index in [-0.39, 0.29) is 24.3 Å². The van der Waals surface area contributed by atoms with E-state index in [1.54, 1.807) is 6.07 Å². The molecule has 4 nitrogen and oxygen atoms in total. The monoisotopic (exact) mass is 367 g/mol. The maximum atomic E-state index is 12.7. The molecule has 1 unspecified atom stereocenters. The van der Waals surface area contributed by atoms with E-state index in [0.717, 1.165) is 43.8 Å². The molecule has 1 aliphatic heterocycles. The van der Waals surface area contributed by atoms with Gasteiger partial charge in [0.2, 0.25) is 0 Å². The Bertz CT molecular complexity index is 619. The molecule has 4 rings (SSSR count). The number of benzene rings is 1. The van der Waals surface area contributed by atoms with Gasteiger partial charge in [0.15, 0.2) is 11.5 Å². The Morgan fingerprint density at radius 1 is 1.12 bits per heavy atom. The fraction of sp³-hybridized carbons (Fsp3) is 0.700. The van der Waals surface area contributed by atoms with Crippen LogP contribution in [-0.2, 0) is 0 Å². The summed E-state index contributed by atoms with van der Waals surface area (Å²) >= 11 is 0. The molecule has 0 aromatic heterocycles. The molecular weight excluding hydrogens is 340 g/mol. The number of likely N-dealkylation sites (tertiary alicyclic amines) is 1. The number of hydrogen-bond acceptors (Lipinski definition) is 4. The van der Waals surface area contributed by atoms with Crippen molar-refractivity contribution in [2.45, 2.75) is 50.7 Å². The summed E-state index contributed by atoms with van der Waals surface area (Å²) in [6.45, 7) is -0.178. The van der Waals surface area contributed by atoms with E-state index in [9.17, 15) is 13.9 Å². The smallest absolute Gasteiger partial charge is 0.387 e. The highest BCUT2D eigenvalue weighted by atomic mass is 19.3. The Hall–Kier alpha value is -1.40. The third kappa shape index (κ3) is 4.46. The van der Waals surface area contributed by atoms with Crippen molar-refractivity contribution >= 4 is 0 Å². The van der Waals surface area contributed by atoms with E-state index >= 15 is 0 Å². The van der Waals surface area contributed by atoms with Crippen molar-refractivity contribution in [1.82, 2.24) is 4.90 Å². The number of aliphatic hydroxyl groups is 1. The van der Waals surface area contributed by atoms with Gasteiger partial charge in [-0.1, -0.05) is 6.07 Å². The standard InChI is InChI=1S/C20H27F2NO3/c21-20(22)26-18-6-5-15(8-19(18)25-12-14-3-4-14)16-7-17(11-24)23(10-16)9-13-1-2-13/h5-6,8,13-14,16-17,20,24H,1-4,7,9-12H2/t16?,17-/m0/s1. The first-order valence-corrected chi connectivity index (χ1v) is 9.69. The Morgan fingerprint density at radius 2 is 1.88 bits per heavy atom. The van der Waals surface area contributed by atoms with Crippen LogP contribution in [0.15, 0.2) is 18.2 Å². The molecule has 0 radical (unpaired) electrons. The Labute approximate surface area is 153 Å². The van der Waals surface area contributed by atoms with Crippen LogP contribution in [0.3, 0.4) is 0 Å². The van der Waals surface area contributed by atoms with Crippen LogP contribution in [0, 0.1) is 11.8 Å². The van der Waals surface area contributed by atoms with Crippen LogP contribution in [0.5, 0.6) is 11.5 Å². The number of alkyl halides is 2. The molecule has 3 aliphatic rings. The number of ether oxygens (including phenoxy) is 2. The summed E-state index contributed by atoms with van der Waals surface area (Å²) in [5, 5.41) is 9.71. The average Bonchev–Trinajstić information content (AvgIpc) is 3.53. The van der Waals surface area contributed by atoms with Gasteiger partial charge < -0.3 is 14.6 Å². The van der Waals surface area contributed by atoms with E-state index in [1.807, 2.05) is 12.1 Å². The molecule has 1 heterocycles. The third-order valence-corrected chi connectivity index (χ3v) is 5.75. The number of nitrogens with zero attached hydrogens (tertiary/aromatic N) is 1. The molecule has 0 spiro atoms. The van der Waals surface area contributed by atoms with Gasteiger partial charge in [0.1, 0.15) is 0 Å². The molecule has 0 amide bonds. The highest BCUT2D eigenvalue weighted by Gasteiger charge is 2.36. The first kappa shape index (κ1) is 18.0. The normalized spacial score (nSPS) is 26.5. The Kier molecular flexibility index (Phi) is 5.32. The summed E-state index contributed by atoms with van der Waals surface area (Å²) in [5.74, 6) is 2.13. The molecule has 2 saturated carbocycles. The van der Waals surface area contributed by atoms with Crippen LogP contribution in [0.1, 0.15) is 43.6 Å². The molecule has 1 N–H and O–H groups in total. The summed E-state index contributed by atoms with van der Waals surface area (Å²) in [4.78, 5) is 2.39. The van der Waals surface area contributed by atoms with Crippen molar-refractivity contribution < 1.29 is 23.4 Å². The van der Waals surface area contributed by atoms with Crippen molar-refractivity contribution in [1.29, 1.82) is 0 Å². The zero-order valence-electron chi connectivity index (χ0n) is 14.9. The SMILES string of the molecule is OC[C@@H]1CC(c2ccc(OC(F)F)c(OCC3CC3)c2)CN1CC1CC1. The highest BCUT2D eigenvalue weighted by molar-refractivity contribution is 5.44. The van der Waals surface area contributed by atoms with Crippen LogP contribution in [0.4, 0.5) is 8.78 Å². The zero-order valence-corrected chi connectivity index (χ0v) is 14.9. The molecule has 3 fully saturated rings. The molecule has 2 aliphatic carbocycles. The maximum Gasteiger partial charge on any atom is 0.387 e. The summed E-state index contributed by atoms with van der Waals surface area (Å²) in [6, 6.07) is 5.51. The van der Waals surface area contributed by atoms with Crippen LogP contribution in [-0.4, -0.2) is 49.0 Å². The minimum atomic E-state index is -2.86. The lowest BCUT2D eigenvalue weighted by atomic mass is 9.96. The molecule has 144 valence electrons. The minimum absolute atomic E-state index is 0.107. The second-order valence-electron chi connectivity index (χ2n) is 8.01. The minimum Gasteiger partial charge on any atom is -0.489 e. The van der Waals surface area contributed by atoms with Gasteiger partial charge in [0.05, 0.1) is 13.2 Å². The Morgan fingerprint density at radius 3 is 2.54 bits per heavy atom. The fourth-order valence-corrected chi connectivity index (χ4v) is 3.85. The summed E-state index contributed by atoms with van der Waals surface area (Å²) in [7, 11) is 0. The van der Waals surface area contributed by atoms with Crippen molar-refractivity contribution in [3.63, 3.8) is 0 Å². The van der Waals surface area contributed by atoms with Crippen molar-refractivity contribution in [3.05, 3.63) is 23.8 Å². The van der Waals surface area contributed by atoms with Crippen LogP contribution in [0.2, 0.25) is 0 Å². The van der Waals surface area contributed by atoms with Gasteiger partial charge in [0, 0.05) is 19.1 Å². The molecule has 1 saturated heterocycles. The first-order valence-electron chi connectivity index (χ1n) is 9.69.